The van der Waals surface area contributed by atoms with Crippen LogP contribution in [-0.2, 0) is 4.79 Å². The first-order valence-corrected chi connectivity index (χ1v) is 7.85. The quantitative estimate of drug-likeness (QED) is 0.609. The van der Waals surface area contributed by atoms with Gasteiger partial charge in [0, 0.05) is 18.7 Å². The minimum Gasteiger partial charge on any atom is -0.507 e. The number of phenolic OH excluding ortho intramolecular Hbond substituents is 1. The zero-order valence-corrected chi connectivity index (χ0v) is 14.3. The van der Waals surface area contributed by atoms with Crippen LogP contribution in [0.2, 0.25) is 0 Å². The van der Waals surface area contributed by atoms with Gasteiger partial charge in [0.1, 0.15) is 11.5 Å². The van der Waals surface area contributed by atoms with Crippen molar-refractivity contribution >= 4 is 23.4 Å². The maximum Gasteiger partial charge on any atom is 0.273 e. The molecule has 0 saturated heterocycles. The number of hydrazine groups is 1. The van der Waals surface area contributed by atoms with Gasteiger partial charge in [-0.3, -0.25) is 25.2 Å². The second-order valence-corrected chi connectivity index (χ2v) is 5.25. The average Bonchev–Trinajstić information content (AvgIpc) is 2.60. The highest BCUT2D eigenvalue weighted by atomic mass is 16.5. The molecule has 0 heterocycles. The number of rotatable bonds is 5. The molecule has 2 aromatic carbocycles. The molecule has 0 aliphatic rings. The molecule has 0 aliphatic heterocycles. The van der Waals surface area contributed by atoms with Crippen LogP contribution < -0.4 is 20.9 Å². The van der Waals surface area contributed by atoms with Crippen LogP contribution >= 0.6 is 0 Å². The highest BCUT2D eigenvalue weighted by Gasteiger charge is 2.16. The van der Waals surface area contributed by atoms with Crippen LogP contribution in [0.25, 0.3) is 0 Å². The Hall–Kier alpha value is -3.55. The molecule has 0 fully saturated rings. The Bertz CT molecular complexity index is 835. The minimum absolute atomic E-state index is 0.0267. The number of amides is 3. The summed E-state index contributed by atoms with van der Waals surface area (Å²) in [6.45, 7) is 3.44. The molecule has 4 N–H and O–H groups in total. The van der Waals surface area contributed by atoms with Crippen molar-refractivity contribution in [1.29, 1.82) is 0 Å². The number of carbonyl (C=O) groups excluding carboxylic acids is 3. The van der Waals surface area contributed by atoms with Crippen molar-refractivity contribution in [3.8, 4) is 11.5 Å². The molecule has 2 rings (SSSR count). The molecule has 0 unspecified atom stereocenters. The Morgan fingerprint density at radius 2 is 1.65 bits per heavy atom. The van der Waals surface area contributed by atoms with Gasteiger partial charge in [0.2, 0.25) is 5.91 Å². The fraction of sp³-hybridized carbons (Fsp3) is 0.167. The van der Waals surface area contributed by atoms with Gasteiger partial charge in [-0.05, 0) is 31.2 Å². The number of hydrogen-bond acceptors (Lipinski definition) is 5. The third-order valence-corrected chi connectivity index (χ3v) is 3.28. The van der Waals surface area contributed by atoms with Crippen LogP contribution in [0.15, 0.2) is 42.5 Å². The van der Waals surface area contributed by atoms with Gasteiger partial charge in [0.15, 0.2) is 0 Å². The number of para-hydroxylation sites is 1. The van der Waals surface area contributed by atoms with Crippen LogP contribution in [0.5, 0.6) is 11.5 Å². The summed E-state index contributed by atoms with van der Waals surface area (Å²) in [6, 6.07) is 10.5. The molecular weight excluding hydrogens is 338 g/mol. The molecule has 8 heteroatoms. The van der Waals surface area contributed by atoms with E-state index in [1.807, 2.05) is 0 Å². The van der Waals surface area contributed by atoms with Crippen molar-refractivity contribution in [3.05, 3.63) is 53.6 Å². The number of aromatic hydroxyl groups is 1. The fourth-order valence-corrected chi connectivity index (χ4v) is 2.18. The van der Waals surface area contributed by atoms with E-state index in [9.17, 15) is 19.5 Å². The van der Waals surface area contributed by atoms with E-state index in [4.69, 9.17) is 4.74 Å². The van der Waals surface area contributed by atoms with E-state index in [1.165, 1.54) is 31.2 Å². The topological polar surface area (TPSA) is 117 Å². The van der Waals surface area contributed by atoms with E-state index in [0.717, 1.165) is 0 Å². The molecule has 8 nitrogen and oxygen atoms in total. The van der Waals surface area contributed by atoms with Gasteiger partial charge in [0.05, 0.1) is 17.7 Å². The largest absolute Gasteiger partial charge is 0.507 e. The lowest BCUT2D eigenvalue weighted by Crippen LogP contribution is -2.41. The average molecular weight is 357 g/mol. The predicted molar refractivity (Wildman–Crippen MR) is 95.0 cm³/mol. The zero-order chi connectivity index (χ0) is 19.1. The Kier molecular flexibility index (Phi) is 6.15. The third-order valence-electron chi connectivity index (χ3n) is 3.28. The van der Waals surface area contributed by atoms with Crippen LogP contribution in [-0.4, -0.2) is 29.4 Å². The molecule has 0 bridgehead atoms. The highest BCUT2D eigenvalue weighted by molar-refractivity contribution is 6.02. The summed E-state index contributed by atoms with van der Waals surface area (Å²) in [5, 5.41) is 12.3. The Balaban J connectivity index is 2.12. The Labute approximate surface area is 150 Å². The van der Waals surface area contributed by atoms with Crippen molar-refractivity contribution < 1.29 is 24.2 Å². The maximum absolute atomic E-state index is 12.3. The molecule has 0 atom stereocenters. The molecule has 136 valence electrons. The Morgan fingerprint density at radius 3 is 2.27 bits per heavy atom. The molecule has 3 amide bonds. The summed E-state index contributed by atoms with van der Waals surface area (Å²) in [4.78, 5) is 35.5. The molecule has 2 aromatic rings. The predicted octanol–water partition coefficient (Wildman–Crippen LogP) is 1.82. The molecule has 0 aliphatic carbocycles. The SMILES string of the molecule is CCOc1cc(NC(C)=O)ccc1C(=O)NNC(=O)c1ccccc1O. The van der Waals surface area contributed by atoms with E-state index in [0.29, 0.717) is 12.3 Å². The normalized spacial score (nSPS) is 9.92. The number of anilines is 1. The number of ether oxygens (including phenoxy) is 1. The number of hydrogen-bond donors (Lipinski definition) is 4. The summed E-state index contributed by atoms with van der Waals surface area (Å²) < 4.78 is 5.43. The highest BCUT2D eigenvalue weighted by Crippen LogP contribution is 2.23. The molecule has 0 radical (unpaired) electrons. The van der Waals surface area contributed by atoms with Crippen molar-refractivity contribution in [2.75, 3.05) is 11.9 Å². The molecule has 0 spiro atoms. The summed E-state index contributed by atoms with van der Waals surface area (Å²) >= 11 is 0. The molecular formula is C18H19N3O5. The lowest BCUT2D eigenvalue weighted by Gasteiger charge is -2.13. The molecule has 0 saturated carbocycles. The van der Waals surface area contributed by atoms with Crippen LogP contribution in [0.3, 0.4) is 0 Å². The lowest BCUT2D eigenvalue weighted by molar-refractivity contribution is -0.114. The zero-order valence-electron chi connectivity index (χ0n) is 14.3. The molecule has 0 aromatic heterocycles. The Morgan fingerprint density at radius 1 is 1.00 bits per heavy atom. The summed E-state index contributed by atoms with van der Waals surface area (Å²) in [5.41, 5.74) is 5.19. The van der Waals surface area contributed by atoms with Gasteiger partial charge in [-0.2, -0.15) is 0 Å². The van der Waals surface area contributed by atoms with Gasteiger partial charge in [-0.15, -0.1) is 0 Å². The van der Waals surface area contributed by atoms with E-state index < -0.39 is 11.8 Å². The van der Waals surface area contributed by atoms with Crippen LogP contribution in [0, 0.1) is 0 Å². The van der Waals surface area contributed by atoms with Gasteiger partial charge in [-0.1, -0.05) is 12.1 Å². The first kappa shape index (κ1) is 18.8. The van der Waals surface area contributed by atoms with E-state index in [1.54, 1.807) is 25.1 Å². The van der Waals surface area contributed by atoms with E-state index >= 15 is 0 Å². The van der Waals surface area contributed by atoms with Gasteiger partial charge in [-0.25, -0.2) is 0 Å². The number of benzene rings is 2. The fourth-order valence-electron chi connectivity index (χ4n) is 2.18. The van der Waals surface area contributed by atoms with Crippen LogP contribution in [0.1, 0.15) is 34.6 Å². The van der Waals surface area contributed by atoms with Gasteiger partial charge >= 0.3 is 0 Å². The van der Waals surface area contributed by atoms with Crippen molar-refractivity contribution in [2.45, 2.75) is 13.8 Å². The van der Waals surface area contributed by atoms with Crippen molar-refractivity contribution in [3.63, 3.8) is 0 Å². The first-order valence-electron chi connectivity index (χ1n) is 7.85. The second-order valence-electron chi connectivity index (χ2n) is 5.25. The van der Waals surface area contributed by atoms with Crippen LogP contribution in [0.4, 0.5) is 5.69 Å². The van der Waals surface area contributed by atoms with Crippen molar-refractivity contribution in [1.82, 2.24) is 10.9 Å². The van der Waals surface area contributed by atoms with Gasteiger partial charge < -0.3 is 15.2 Å². The standard InChI is InChI=1S/C18H19N3O5/c1-3-26-16-10-12(19-11(2)22)8-9-14(16)18(25)21-20-17(24)13-6-4-5-7-15(13)23/h4-10,23H,3H2,1-2H3,(H,19,22)(H,20,24)(H,21,25). The van der Waals surface area contributed by atoms with E-state index in [2.05, 4.69) is 16.2 Å². The minimum atomic E-state index is -0.663. The number of nitrogens with one attached hydrogen (secondary N) is 3. The monoisotopic (exact) mass is 357 g/mol. The van der Waals surface area contributed by atoms with Gasteiger partial charge in [0.25, 0.3) is 11.8 Å². The summed E-state index contributed by atoms with van der Waals surface area (Å²) in [5.74, 6) is -1.46. The number of carbonyl (C=O) groups is 3. The third kappa shape index (κ3) is 4.73. The summed E-state index contributed by atoms with van der Waals surface area (Å²) in [7, 11) is 0. The molecule has 26 heavy (non-hydrogen) atoms. The maximum atomic E-state index is 12.3. The second kappa shape index (κ2) is 8.52. The lowest BCUT2D eigenvalue weighted by atomic mass is 10.1. The summed E-state index contributed by atoms with van der Waals surface area (Å²) in [6.07, 6.45) is 0. The van der Waals surface area contributed by atoms with E-state index in [-0.39, 0.29) is 28.5 Å². The van der Waals surface area contributed by atoms with Crippen molar-refractivity contribution in [2.24, 2.45) is 0 Å². The smallest absolute Gasteiger partial charge is 0.273 e. The number of phenols is 1. The first-order chi connectivity index (χ1) is 12.4.